The highest BCUT2D eigenvalue weighted by Crippen LogP contribution is 2.38. The van der Waals surface area contributed by atoms with Gasteiger partial charge in [0, 0.05) is 18.5 Å². The molecule has 0 spiro atoms. The number of ether oxygens (including phenoxy) is 1. The molecule has 1 N–H and O–H groups in total. The fraction of sp³-hybridized carbons (Fsp3) is 0.500. The first-order valence-electron chi connectivity index (χ1n) is 8.52. The smallest absolute Gasteiger partial charge is 0.340 e. The summed E-state index contributed by atoms with van der Waals surface area (Å²) in [5.41, 5.74) is 1.12. The maximum absolute atomic E-state index is 12.5. The van der Waals surface area contributed by atoms with E-state index in [0.717, 1.165) is 19.3 Å². The molecule has 2 heterocycles. The molecule has 3 rings (SSSR count). The molecule has 2 atom stereocenters. The van der Waals surface area contributed by atoms with E-state index >= 15 is 0 Å². The van der Waals surface area contributed by atoms with Gasteiger partial charge in [0.1, 0.15) is 6.04 Å². The Kier molecular flexibility index (Phi) is 4.83. The number of amides is 2. The molecule has 1 aromatic rings. The second kappa shape index (κ2) is 7.03. The summed E-state index contributed by atoms with van der Waals surface area (Å²) in [5, 5.41) is 2.90. The first-order chi connectivity index (χ1) is 11.6. The van der Waals surface area contributed by atoms with Crippen LogP contribution < -0.4 is 5.32 Å². The molecule has 0 saturated carbocycles. The number of rotatable bonds is 6. The van der Waals surface area contributed by atoms with E-state index in [-0.39, 0.29) is 11.8 Å². The van der Waals surface area contributed by atoms with E-state index in [9.17, 15) is 14.4 Å². The number of carbonyl (C=O) groups is 3. The summed E-state index contributed by atoms with van der Waals surface area (Å²) in [7, 11) is 0. The van der Waals surface area contributed by atoms with Gasteiger partial charge in [0.2, 0.25) is 18.0 Å². The van der Waals surface area contributed by atoms with Gasteiger partial charge in [-0.3, -0.25) is 14.5 Å². The third-order valence-electron chi connectivity index (χ3n) is 4.56. The van der Waals surface area contributed by atoms with Crippen LogP contribution in [0.4, 0.5) is 0 Å². The second-order valence-electron chi connectivity index (χ2n) is 6.20. The third kappa shape index (κ3) is 3.00. The number of cyclic esters (lactones) is 1. The monoisotopic (exact) mass is 330 g/mol. The van der Waals surface area contributed by atoms with Crippen molar-refractivity contribution in [1.29, 1.82) is 0 Å². The average Bonchev–Trinajstić information content (AvgIpc) is 3.12. The van der Waals surface area contributed by atoms with Gasteiger partial charge in [-0.1, -0.05) is 38.0 Å². The fourth-order valence-corrected chi connectivity index (χ4v) is 3.29. The molecule has 2 aliphatic rings. The molecule has 0 bridgehead atoms. The van der Waals surface area contributed by atoms with Gasteiger partial charge < -0.3 is 10.1 Å². The second-order valence-corrected chi connectivity index (χ2v) is 6.20. The maximum atomic E-state index is 12.5. The number of nitrogens with one attached hydrogen (secondary N) is 1. The molecule has 1 saturated heterocycles. The number of fused-ring (bicyclic) bond motifs is 1. The molecule has 24 heavy (non-hydrogen) atoms. The SMILES string of the molecule is CCCCCNC(=O)[C@H]1CCC(=O)N1[C@@H]1OC(=O)c2ccccc21. The van der Waals surface area contributed by atoms with Gasteiger partial charge >= 0.3 is 5.97 Å². The standard InChI is InChI=1S/C18H22N2O4/c1-2-3-6-11-19-16(22)14-9-10-15(21)20(14)17-12-7-4-5-8-13(12)18(23)24-17/h4-5,7-8,14,17H,2-3,6,9-11H2,1H3,(H,19,22)/t14-,17-/m1/s1. The Morgan fingerprint density at radius 1 is 1.29 bits per heavy atom. The highest BCUT2D eigenvalue weighted by atomic mass is 16.6. The molecule has 6 heteroatoms. The third-order valence-corrected chi connectivity index (χ3v) is 4.56. The van der Waals surface area contributed by atoms with Gasteiger partial charge in [-0.05, 0) is 18.9 Å². The predicted octanol–water partition coefficient (Wildman–Crippen LogP) is 2.15. The molecule has 6 nitrogen and oxygen atoms in total. The van der Waals surface area contributed by atoms with Gasteiger partial charge in [0.05, 0.1) is 5.56 Å². The molecule has 0 aromatic heterocycles. The number of hydrogen-bond donors (Lipinski definition) is 1. The van der Waals surface area contributed by atoms with Crippen LogP contribution in [0.1, 0.15) is 61.2 Å². The molecule has 0 radical (unpaired) electrons. The molecule has 1 fully saturated rings. The van der Waals surface area contributed by atoms with Crippen molar-refractivity contribution in [2.45, 2.75) is 51.3 Å². The Morgan fingerprint density at radius 2 is 2.08 bits per heavy atom. The number of esters is 1. The van der Waals surface area contributed by atoms with E-state index in [4.69, 9.17) is 4.74 Å². The van der Waals surface area contributed by atoms with Gasteiger partial charge in [0.25, 0.3) is 0 Å². The number of benzene rings is 1. The first kappa shape index (κ1) is 16.5. The molecule has 1 aromatic carbocycles. The minimum Gasteiger partial charge on any atom is -0.433 e. The number of hydrogen-bond acceptors (Lipinski definition) is 4. The molecular weight excluding hydrogens is 308 g/mol. The summed E-state index contributed by atoms with van der Waals surface area (Å²) in [4.78, 5) is 38.2. The predicted molar refractivity (Wildman–Crippen MR) is 87.0 cm³/mol. The van der Waals surface area contributed by atoms with Crippen LogP contribution in [0.2, 0.25) is 0 Å². The molecule has 0 aliphatic carbocycles. The lowest BCUT2D eigenvalue weighted by atomic mass is 10.1. The number of unbranched alkanes of at least 4 members (excludes halogenated alkanes) is 2. The largest absolute Gasteiger partial charge is 0.433 e. The van der Waals surface area contributed by atoms with Crippen molar-refractivity contribution in [1.82, 2.24) is 10.2 Å². The van der Waals surface area contributed by atoms with Gasteiger partial charge in [-0.25, -0.2) is 4.79 Å². The van der Waals surface area contributed by atoms with Gasteiger partial charge in [-0.2, -0.15) is 0 Å². The van der Waals surface area contributed by atoms with Crippen molar-refractivity contribution in [2.24, 2.45) is 0 Å². The van der Waals surface area contributed by atoms with E-state index in [2.05, 4.69) is 12.2 Å². The molecular formula is C18H22N2O4. The van der Waals surface area contributed by atoms with E-state index in [1.807, 2.05) is 0 Å². The zero-order valence-corrected chi connectivity index (χ0v) is 13.8. The van der Waals surface area contributed by atoms with Crippen LogP contribution >= 0.6 is 0 Å². The van der Waals surface area contributed by atoms with Crippen LogP contribution in [0.15, 0.2) is 24.3 Å². The molecule has 0 unspecified atom stereocenters. The Morgan fingerprint density at radius 3 is 2.88 bits per heavy atom. The number of carbonyl (C=O) groups excluding carboxylic acids is 3. The van der Waals surface area contributed by atoms with Gasteiger partial charge in [-0.15, -0.1) is 0 Å². The summed E-state index contributed by atoms with van der Waals surface area (Å²) >= 11 is 0. The van der Waals surface area contributed by atoms with Crippen molar-refractivity contribution in [2.75, 3.05) is 6.54 Å². The lowest BCUT2D eigenvalue weighted by molar-refractivity contribution is -0.145. The zero-order valence-electron chi connectivity index (χ0n) is 13.8. The number of nitrogens with zero attached hydrogens (tertiary/aromatic N) is 1. The summed E-state index contributed by atoms with van der Waals surface area (Å²) in [6.07, 6.45) is 3.01. The molecule has 128 valence electrons. The highest BCUT2D eigenvalue weighted by Gasteiger charge is 2.46. The maximum Gasteiger partial charge on any atom is 0.340 e. The summed E-state index contributed by atoms with van der Waals surface area (Å²) in [5.74, 6) is -0.770. The Bertz CT molecular complexity index is 658. The zero-order chi connectivity index (χ0) is 17.1. The lowest BCUT2D eigenvalue weighted by Gasteiger charge is -2.29. The van der Waals surface area contributed by atoms with Gasteiger partial charge in [0.15, 0.2) is 0 Å². The lowest BCUT2D eigenvalue weighted by Crippen LogP contribution is -2.46. The Balaban J connectivity index is 1.75. The topological polar surface area (TPSA) is 75.7 Å². The van der Waals surface area contributed by atoms with E-state index < -0.39 is 18.2 Å². The summed E-state index contributed by atoms with van der Waals surface area (Å²) in [6.45, 7) is 2.71. The minimum atomic E-state index is -0.796. The van der Waals surface area contributed by atoms with Crippen LogP contribution in [-0.4, -0.2) is 35.3 Å². The van der Waals surface area contributed by atoms with Crippen LogP contribution in [0.5, 0.6) is 0 Å². The van der Waals surface area contributed by atoms with Crippen molar-refractivity contribution < 1.29 is 19.1 Å². The highest BCUT2D eigenvalue weighted by molar-refractivity contribution is 5.96. The van der Waals surface area contributed by atoms with Crippen molar-refractivity contribution in [3.05, 3.63) is 35.4 Å². The average molecular weight is 330 g/mol. The van der Waals surface area contributed by atoms with Crippen LogP contribution in [0.3, 0.4) is 0 Å². The van der Waals surface area contributed by atoms with Crippen molar-refractivity contribution >= 4 is 17.8 Å². The molecule has 2 amide bonds. The summed E-state index contributed by atoms with van der Waals surface area (Å²) < 4.78 is 5.40. The normalized spacial score (nSPS) is 22.5. The van der Waals surface area contributed by atoms with Crippen LogP contribution in [-0.2, 0) is 14.3 Å². The van der Waals surface area contributed by atoms with Crippen LogP contribution in [0.25, 0.3) is 0 Å². The quantitative estimate of drug-likeness (QED) is 0.640. The Hall–Kier alpha value is -2.37. The van der Waals surface area contributed by atoms with E-state index in [0.29, 0.717) is 30.5 Å². The first-order valence-corrected chi connectivity index (χ1v) is 8.52. The van der Waals surface area contributed by atoms with E-state index in [1.165, 1.54) is 4.90 Å². The minimum absolute atomic E-state index is 0.154. The number of likely N-dealkylation sites (tertiary alicyclic amines) is 1. The van der Waals surface area contributed by atoms with Crippen molar-refractivity contribution in [3.8, 4) is 0 Å². The summed E-state index contributed by atoms with van der Waals surface area (Å²) in [6, 6.07) is 6.42. The molecule has 2 aliphatic heterocycles. The Labute approximate surface area is 141 Å². The van der Waals surface area contributed by atoms with Crippen LogP contribution in [0, 0.1) is 0 Å². The van der Waals surface area contributed by atoms with Crippen molar-refractivity contribution in [3.63, 3.8) is 0 Å². The fourth-order valence-electron chi connectivity index (χ4n) is 3.29. The van der Waals surface area contributed by atoms with E-state index in [1.54, 1.807) is 24.3 Å².